The van der Waals surface area contributed by atoms with Crippen molar-refractivity contribution in [1.82, 2.24) is 19.6 Å². The molecule has 348 valence electrons. The van der Waals surface area contributed by atoms with Crippen LogP contribution in [0.2, 0.25) is 20.1 Å². The Morgan fingerprint density at radius 2 is 1.00 bits per heavy atom. The zero-order chi connectivity index (χ0) is 46.5. The number of carbonyl (C=O) groups excluding carboxylic acids is 4. The number of benzene rings is 4. The Bertz CT molecular complexity index is 2340. The number of fused-ring (bicyclic) bond motifs is 2. The zero-order valence-corrected chi connectivity index (χ0v) is 39.9. The Balaban J connectivity index is 0.842. The maximum atomic E-state index is 13.9. The number of likely N-dealkylation sites (tertiary alicyclic amines) is 2. The number of hydrogen-bond donors (Lipinski definition) is 0. The van der Waals surface area contributed by atoms with Gasteiger partial charge >= 0.3 is 11.9 Å². The molecule has 0 spiro atoms. The van der Waals surface area contributed by atoms with Gasteiger partial charge in [0.15, 0.2) is 0 Å². The van der Waals surface area contributed by atoms with Crippen LogP contribution in [0.5, 0.6) is 11.5 Å². The topological polar surface area (TPSA) is 118 Å². The van der Waals surface area contributed by atoms with Crippen molar-refractivity contribution in [2.24, 2.45) is 0 Å². The van der Waals surface area contributed by atoms with Gasteiger partial charge in [0.1, 0.15) is 23.7 Å². The standard InChI is InChI=1S/C50H52Cl4N4O8/c1-63-45-7-3-5-35-37(45)17-21-57(47(59)25-31-9-11-39(51)41(53)23-31)43(35)29-55-19-15-33(27-55)65-49(61)13-14-50(62)66-34-16-20-56(28-34)30-44-36-6-4-8-46(64-2)38(36)18-22-58(44)48(60)26-32-10-12-40(52)42(54)24-32/h3-14,23-24,33-34,43-44H,15-22,25-30H2,1-2H3/b14-13+. The molecule has 2 fully saturated rings. The third-order valence-corrected chi connectivity index (χ3v) is 14.5. The Hall–Kier alpha value is -4.82. The average Bonchev–Trinajstić information content (AvgIpc) is 3.96. The first-order chi connectivity index (χ1) is 31.9. The van der Waals surface area contributed by atoms with Crippen molar-refractivity contribution < 1.29 is 38.1 Å². The summed E-state index contributed by atoms with van der Waals surface area (Å²) in [6, 6.07) is 21.9. The van der Waals surface area contributed by atoms with Gasteiger partial charge in [0.25, 0.3) is 0 Å². The molecule has 0 radical (unpaired) electrons. The van der Waals surface area contributed by atoms with Crippen molar-refractivity contribution in [3.05, 3.63) is 138 Å². The molecule has 4 heterocycles. The summed E-state index contributed by atoms with van der Waals surface area (Å²) in [6.45, 7) is 4.40. The summed E-state index contributed by atoms with van der Waals surface area (Å²) in [7, 11) is 3.31. The lowest BCUT2D eigenvalue weighted by molar-refractivity contribution is -0.145. The quantitative estimate of drug-likeness (QED) is 0.0906. The van der Waals surface area contributed by atoms with Crippen molar-refractivity contribution in [3.63, 3.8) is 0 Å². The zero-order valence-electron chi connectivity index (χ0n) is 36.9. The summed E-state index contributed by atoms with van der Waals surface area (Å²) in [5.41, 5.74) is 5.79. The molecule has 0 N–H and O–H groups in total. The highest BCUT2D eigenvalue weighted by atomic mass is 35.5. The minimum absolute atomic E-state index is 0.0249. The van der Waals surface area contributed by atoms with Crippen LogP contribution in [0.15, 0.2) is 84.9 Å². The fraction of sp³-hybridized carbons (Fsp3) is 0.400. The number of esters is 2. The molecule has 12 nitrogen and oxygen atoms in total. The van der Waals surface area contributed by atoms with Crippen molar-refractivity contribution in [1.29, 1.82) is 0 Å². The van der Waals surface area contributed by atoms with Crippen LogP contribution in [0.1, 0.15) is 58.3 Å². The molecule has 66 heavy (non-hydrogen) atoms. The second kappa shape index (κ2) is 21.4. The van der Waals surface area contributed by atoms with Gasteiger partial charge in [-0.2, -0.15) is 0 Å². The second-order valence-corrected chi connectivity index (χ2v) is 18.8. The molecule has 0 bridgehead atoms. The number of carbonyl (C=O) groups is 4. The first-order valence-corrected chi connectivity index (χ1v) is 23.7. The lowest BCUT2D eigenvalue weighted by Gasteiger charge is -2.40. The Morgan fingerprint density at radius 1 is 0.576 bits per heavy atom. The number of nitrogens with zero attached hydrogens (tertiary/aromatic N) is 4. The number of methoxy groups -OCH3 is 2. The summed E-state index contributed by atoms with van der Waals surface area (Å²) < 4.78 is 23.0. The highest BCUT2D eigenvalue weighted by Gasteiger charge is 2.38. The SMILES string of the molecule is COc1cccc2c1CCN(C(=O)Cc1ccc(Cl)c(Cl)c1)C2CN1CCC(OC(=O)/C=C/C(=O)OC2CCN(CC3c4cccc(OC)c4CCN3C(=O)Cc3ccc(Cl)c(Cl)c3)C2)C1. The van der Waals surface area contributed by atoms with Gasteiger partial charge in [-0.05, 0) is 84.3 Å². The number of hydrogen-bond acceptors (Lipinski definition) is 10. The summed E-state index contributed by atoms with van der Waals surface area (Å²) >= 11 is 24.8. The van der Waals surface area contributed by atoms with Gasteiger partial charge in [0, 0.05) is 75.6 Å². The molecule has 2 amide bonds. The van der Waals surface area contributed by atoms with E-state index in [1.807, 2.05) is 58.3 Å². The molecule has 4 unspecified atom stereocenters. The van der Waals surface area contributed by atoms with Crippen LogP contribution in [0, 0.1) is 0 Å². The molecule has 0 aliphatic carbocycles. The van der Waals surface area contributed by atoms with E-state index in [2.05, 4.69) is 9.80 Å². The number of rotatable bonds is 14. The molecule has 4 aromatic rings. The van der Waals surface area contributed by atoms with Crippen LogP contribution in [0.3, 0.4) is 0 Å². The number of ether oxygens (including phenoxy) is 4. The predicted octanol–water partition coefficient (Wildman–Crippen LogP) is 8.15. The first kappa shape index (κ1) is 47.7. The van der Waals surface area contributed by atoms with Crippen LogP contribution in [-0.2, 0) is 54.3 Å². The van der Waals surface area contributed by atoms with E-state index in [0.717, 1.165) is 57.0 Å². The maximum absolute atomic E-state index is 13.9. The molecule has 0 saturated carbocycles. The van der Waals surface area contributed by atoms with Gasteiger partial charge < -0.3 is 28.7 Å². The maximum Gasteiger partial charge on any atom is 0.331 e. The van der Waals surface area contributed by atoms with Gasteiger partial charge in [-0.1, -0.05) is 82.8 Å². The van der Waals surface area contributed by atoms with Crippen LogP contribution < -0.4 is 9.47 Å². The fourth-order valence-electron chi connectivity index (χ4n) is 9.81. The van der Waals surface area contributed by atoms with Crippen LogP contribution in [-0.4, -0.2) is 122 Å². The summed E-state index contributed by atoms with van der Waals surface area (Å²) in [6.07, 6.45) is 4.33. The van der Waals surface area contributed by atoms with Crippen LogP contribution >= 0.6 is 46.4 Å². The van der Waals surface area contributed by atoms with Crippen molar-refractivity contribution in [2.75, 3.05) is 66.6 Å². The van der Waals surface area contributed by atoms with Gasteiger partial charge in [-0.15, -0.1) is 0 Å². The molecule has 0 aromatic heterocycles. The fourth-order valence-corrected chi connectivity index (χ4v) is 10.5. The van der Waals surface area contributed by atoms with Gasteiger partial charge in [-0.25, -0.2) is 9.59 Å². The first-order valence-electron chi connectivity index (χ1n) is 22.2. The number of halogens is 4. The van der Waals surface area contributed by atoms with E-state index < -0.39 is 24.1 Å². The minimum atomic E-state index is -0.630. The van der Waals surface area contributed by atoms with E-state index in [1.54, 1.807) is 38.5 Å². The highest BCUT2D eigenvalue weighted by Crippen LogP contribution is 2.39. The molecule has 2 saturated heterocycles. The lowest BCUT2D eigenvalue weighted by Crippen LogP contribution is -2.45. The molecular weight excluding hydrogens is 926 g/mol. The van der Waals surface area contributed by atoms with Crippen molar-refractivity contribution in [2.45, 2.75) is 62.8 Å². The molecule has 8 rings (SSSR count). The number of amides is 2. The third-order valence-electron chi connectivity index (χ3n) is 13.0. The van der Waals surface area contributed by atoms with Crippen LogP contribution in [0.4, 0.5) is 0 Å². The summed E-state index contributed by atoms with van der Waals surface area (Å²) in [4.78, 5) is 62.0. The molecule has 4 atom stereocenters. The van der Waals surface area contributed by atoms with E-state index in [-0.39, 0.29) is 36.7 Å². The minimum Gasteiger partial charge on any atom is -0.496 e. The molecule has 4 aromatic carbocycles. The molecular formula is C50H52Cl4N4O8. The van der Waals surface area contributed by atoms with Gasteiger partial charge in [-0.3, -0.25) is 19.4 Å². The van der Waals surface area contributed by atoms with Crippen LogP contribution in [0.25, 0.3) is 0 Å². The predicted molar refractivity (Wildman–Crippen MR) is 254 cm³/mol. The Morgan fingerprint density at radius 3 is 1.39 bits per heavy atom. The third kappa shape index (κ3) is 11.1. The van der Waals surface area contributed by atoms with Gasteiger partial charge in [0.2, 0.25) is 11.8 Å². The van der Waals surface area contributed by atoms with E-state index in [4.69, 9.17) is 65.4 Å². The monoisotopic (exact) mass is 976 g/mol. The Kier molecular flexibility index (Phi) is 15.5. The Labute approximate surface area is 405 Å². The van der Waals surface area contributed by atoms with Crippen molar-refractivity contribution in [3.8, 4) is 11.5 Å². The average molecular weight is 979 g/mol. The van der Waals surface area contributed by atoms with E-state index >= 15 is 0 Å². The molecule has 4 aliphatic heterocycles. The highest BCUT2D eigenvalue weighted by molar-refractivity contribution is 6.42. The largest absolute Gasteiger partial charge is 0.496 e. The molecule has 16 heteroatoms. The lowest BCUT2D eigenvalue weighted by atomic mass is 9.90. The normalized spacial score (nSPS) is 20.8. The molecule has 4 aliphatic rings. The smallest absolute Gasteiger partial charge is 0.331 e. The van der Waals surface area contributed by atoms with E-state index in [1.165, 1.54) is 0 Å². The summed E-state index contributed by atoms with van der Waals surface area (Å²) in [5, 5.41) is 1.67. The van der Waals surface area contributed by atoms with Crippen molar-refractivity contribution >= 4 is 70.2 Å². The van der Waals surface area contributed by atoms with E-state index in [0.29, 0.717) is 98.1 Å². The van der Waals surface area contributed by atoms with E-state index in [9.17, 15) is 19.2 Å². The van der Waals surface area contributed by atoms with Gasteiger partial charge in [0.05, 0.1) is 59.2 Å². The second-order valence-electron chi connectivity index (χ2n) is 17.2. The summed E-state index contributed by atoms with van der Waals surface area (Å²) in [5.74, 6) is 0.279.